The number of imide groups is 2. The van der Waals surface area contributed by atoms with Gasteiger partial charge in [-0.15, -0.1) is 6.42 Å². The fraction of sp³-hybridized carbons (Fsp3) is 0.523. The number of methoxy groups -OCH3 is 1. The molecule has 88 heavy (non-hydrogen) atoms. The van der Waals surface area contributed by atoms with Gasteiger partial charge in [-0.1, -0.05) is 50.5 Å². The number of anilines is 2. The molecule has 6 amide bonds. The van der Waals surface area contributed by atoms with Crippen molar-refractivity contribution in [2.45, 2.75) is 159 Å². The second-order valence-corrected chi connectivity index (χ2v) is 24.9. The van der Waals surface area contributed by atoms with Crippen molar-refractivity contribution in [1.82, 2.24) is 40.3 Å². The van der Waals surface area contributed by atoms with Gasteiger partial charge in [-0.3, -0.25) is 44.2 Å². The molecule has 0 spiro atoms. The van der Waals surface area contributed by atoms with Gasteiger partial charge in [0.05, 0.1) is 39.7 Å². The van der Waals surface area contributed by atoms with Gasteiger partial charge in [0.2, 0.25) is 11.8 Å². The molecule has 5 aromatic rings. The lowest BCUT2D eigenvalue weighted by molar-refractivity contribution is -0.136. The zero-order valence-electron chi connectivity index (χ0n) is 50.4. The monoisotopic (exact) mass is 1210 g/mol. The number of aromatic nitrogens is 3. The molecule has 2 aromatic heterocycles. The van der Waals surface area contributed by atoms with E-state index in [0.29, 0.717) is 48.5 Å². The Balaban J connectivity index is 0.668. The Morgan fingerprint density at radius 1 is 0.852 bits per heavy atom. The van der Waals surface area contributed by atoms with E-state index in [1.165, 1.54) is 19.4 Å². The summed E-state index contributed by atoms with van der Waals surface area (Å²) in [7, 11) is 1.48. The fourth-order valence-electron chi connectivity index (χ4n) is 13.7. The van der Waals surface area contributed by atoms with Gasteiger partial charge in [-0.2, -0.15) is 9.97 Å². The summed E-state index contributed by atoms with van der Waals surface area (Å²) in [6, 6.07) is 9.60. The van der Waals surface area contributed by atoms with Gasteiger partial charge in [0.1, 0.15) is 53.5 Å². The first-order valence-corrected chi connectivity index (χ1v) is 30.8. The Morgan fingerprint density at radius 3 is 2.32 bits per heavy atom. The fourth-order valence-corrected chi connectivity index (χ4v) is 13.7. The highest BCUT2D eigenvalue weighted by Crippen LogP contribution is 2.45. The van der Waals surface area contributed by atoms with Crippen LogP contribution in [0.3, 0.4) is 0 Å². The summed E-state index contributed by atoms with van der Waals surface area (Å²) in [6.45, 7) is 8.63. The number of alkyl carbamates (subject to hydrolysis) is 1. The summed E-state index contributed by atoms with van der Waals surface area (Å²) in [5.74, 6) is -0.372. The molecule has 11 rings (SSSR count). The molecule has 2 bridgehead atoms. The first-order chi connectivity index (χ1) is 42.4. The summed E-state index contributed by atoms with van der Waals surface area (Å²) in [5.41, 5.74) is 0.0794. The minimum absolute atomic E-state index is 0.0312. The van der Waals surface area contributed by atoms with Crippen molar-refractivity contribution in [3.8, 4) is 35.4 Å². The Bertz CT molecular complexity index is 3560. The van der Waals surface area contributed by atoms with Crippen molar-refractivity contribution in [3.05, 3.63) is 77.0 Å². The number of carbonyl (C=O) groups excluding carboxylic acids is 6. The zero-order valence-corrected chi connectivity index (χ0v) is 50.4. The molecule has 3 unspecified atom stereocenters. The number of halogens is 2. The molecule has 6 aliphatic rings. The van der Waals surface area contributed by atoms with E-state index in [0.717, 1.165) is 107 Å². The molecule has 3 N–H and O–H groups in total. The molecule has 8 heterocycles. The first kappa shape index (κ1) is 61.4. The molecule has 3 aromatic carbocycles. The number of nitrogens with one attached hydrogen (secondary N) is 3. The minimum atomic E-state index is -0.998. The maximum Gasteiger partial charge on any atom is 0.410 e. The number of carbonyl (C=O) groups is 6. The van der Waals surface area contributed by atoms with Crippen LogP contribution < -0.4 is 30.3 Å². The maximum absolute atomic E-state index is 17.7. The Kier molecular flexibility index (Phi) is 18.3. The zero-order chi connectivity index (χ0) is 61.9. The number of ether oxygens (including phenoxy) is 5. The number of piperidine rings is 1. The third-order valence-corrected chi connectivity index (χ3v) is 17.9. The molecule has 0 radical (unpaired) electrons. The summed E-state index contributed by atoms with van der Waals surface area (Å²) in [6.07, 6.45) is 19.6. The second kappa shape index (κ2) is 26.2. The molecule has 6 aliphatic heterocycles. The van der Waals surface area contributed by atoms with E-state index in [2.05, 4.69) is 31.8 Å². The van der Waals surface area contributed by atoms with Crippen LogP contribution in [-0.4, -0.2) is 161 Å². The number of pyridine rings is 1. The third kappa shape index (κ3) is 12.9. The summed E-state index contributed by atoms with van der Waals surface area (Å²) in [5, 5.41) is 9.59. The largest absolute Gasteiger partial charge is 0.468 e. The van der Waals surface area contributed by atoms with Crippen LogP contribution in [0.25, 0.3) is 32.9 Å². The molecule has 466 valence electrons. The molecule has 5 fully saturated rings. The Hall–Kier alpha value is -8.23. The van der Waals surface area contributed by atoms with E-state index in [9.17, 15) is 28.8 Å². The average molecular weight is 1210 g/mol. The van der Waals surface area contributed by atoms with Crippen molar-refractivity contribution >= 4 is 69.0 Å². The molecular weight excluding hydrogens is 1130 g/mol. The van der Waals surface area contributed by atoms with Crippen LogP contribution >= 0.6 is 0 Å². The minimum Gasteiger partial charge on any atom is -0.468 e. The molecule has 0 saturated carbocycles. The van der Waals surface area contributed by atoms with Crippen LogP contribution in [0.2, 0.25) is 0 Å². The van der Waals surface area contributed by atoms with Gasteiger partial charge in [-0.05, 0) is 127 Å². The summed E-state index contributed by atoms with van der Waals surface area (Å²) >= 11 is 0. The van der Waals surface area contributed by atoms with E-state index >= 15 is 8.78 Å². The number of fused-ring (bicyclic) bond motifs is 6. The van der Waals surface area contributed by atoms with E-state index in [1.807, 2.05) is 30.6 Å². The molecule has 21 nitrogen and oxygen atoms in total. The van der Waals surface area contributed by atoms with E-state index < -0.39 is 58.5 Å². The molecule has 5 atom stereocenters. The number of hydrogen-bond acceptors (Lipinski definition) is 17. The smallest absolute Gasteiger partial charge is 0.410 e. The number of benzene rings is 3. The predicted molar refractivity (Wildman–Crippen MR) is 323 cm³/mol. The predicted octanol–water partition coefficient (Wildman–Crippen LogP) is 9.41. The second-order valence-electron chi connectivity index (χ2n) is 24.9. The first-order valence-electron chi connectivity index (χ1n) is 30.8. The van der Waals surface area contributed by atoms with Gasteiger partial charge < -0.3 is 39.2 Å². The number of hydrogen-bond donors (Lipinski definition) is 3. The maximum atomic E-state index is 17.7. The van der Waals surface area contributed by atoms with Crippen molar-refractivity contribution in [3.63, 3.8) is 0 Å². The molecule has 0 aliphatic carbocycles. The lowest BCUT2D eigenvalue weighted by Crippen LogP contribution is -2.57. The van der Waals surface area contributed by atoms with Crippen LogP contribution in [0.5, 0.6) is 11.8 Å². The van der Waals surface area contributed by atoms with E-state index in [-0.39, 0.29) is 102 Å². The van der Waals surface area contributed by atoms with Crippen LogP contribution in [0.15, 0.2) is 48.7 Å². The highest BCUT2D eigenvalue weighted by atomic mass is 19.1. The Morgan fingerprint density at radius 2 is 1.59 bits per heavy atom. The van der Waals surface area contributed by atoms with Gasteiger partial charge in [0.25, 0.3) is 11.8 Å². The van der Waals surface area contributed by atoms with Gasteiger partial charge in [0, 0.05) is 68.6 Å². The van der Waals surface area contributed by atoms with E-state index in [1.54, 1.807) is 36.4 Å². The molecule has 5 saturated heterocycles. The number of nitrogens with zero attached hydrogens (tertiary/aromatic N) is 7. The van der Waals surface area contributed by atoms with Crippen molar-refractivity contribution < 1.29 is 61.2 Å². The third-order valence-electron chi connectivity index (χ3n) is 17.9. The lowest BCUT2D eigenvalue weighted by Gasteiger charge is -2.42. The van der Waals surface area contributed by atoms with Crippen molar-refractivity contribution in [1.29, 1.82) is 0 Å². The number of rotatable bonds is 23. The SMILES string of the molecule is C#Cc1c(F)ccc2cc(OCOC)cc(-c3ncc4c(N5CC6CCC(C5)N6C(=O)OC(C)(C)C)nc(OC[C@@]56CCCN5[C@H](COC(=O)NCCCCCCCCCCNc5ccc7c(c5)C(=O)N(C5CCC(=O)NC5=O)C7=O)CC6)nc4c3F)c12. The highest BCUT2D eigenvalue weighted by Gasteiger charge is 2.51. The Labute approximate surface area is 509 Å². The number of amides is 6. The highest BCUT2D eigenvalue weighted by molar-refractivity contribution is 6.23. The normalized spacial score (nSPS) is 21.6. The van der Waals surface area contributed by atoms with Gasteiger partial charge >= 0.3 is 18.2 Å². The summed E-state index contributed by atoms with van der Waals surface area (Å²) in [4.78, 5) is 98.3. The van der Waals surface area contributed by atoms with E-state index in [4.69, 9.17) is 40.1 Å². The average Bonchev–Trinajstić information content (AvgIpc) is 2.16. The van der Waals surface area contributed by atoms with Gasteiger partial charge in [-0.25, -0.2) is 18.4 Å². The number of piperazine rings is 1. The standard InChI is InChI=1S/C65H76F2N10O11/c1-6-45-50(66)21-16-39-30-44(87-38-84-5)32-48(53(39)45)55-54(67)56-49(33-70-55)57(74-34-41-18-19-42(35-74)76(41)63(83)88-64(2,3)4)73-61(72-56)86-37-65-25-15-29-75(65)43(24-26-65)36-85-62(82)69-28-14-12-10-8-7-9-11-13-27-68-40-17-20-46-47(31-40)60(81)77(59(46)80)51-22-23-52(78)71-58(51)79/h1,16-17,20-21,30-33,41-43,51,68H,7-15,18-19,22-29,34-38H2,2-5H3,(H,69,82)(H,71,78,79)/t41?,42?,43-,51?,65-/m0/s1. The van der Waals surface area contributed by atoms with Crippen LogP contribution in [0.4, 0.5) is 29.9 Å². The quantitative estimate of drug-likeness (QED) is 0.0239. The van der Waals surface area contributed by atoms with Crippen molar-refractivity contribution in [2.75, 3.05) is 70.1 Å². The topological polar surface area (TPSA) is 236 Å². The van der Waals surface area contributed by atoms with Crippen LogP contribution in [-0.2, 0) is 23.8 Å². The van der Waals surface area contributed by atoms with Crippen molar-refractivity contribution in [2.24, 2.45) is 0 Å². The van der Waals surface area contributed by atoms with Crippen LogP contribution in [0.1, 0.15) is 150 Å². The van der Waals surface area contributed by atoms with Crippen LogP contribution in [0, 0.1) is 24.0 Å². The molecular formula is C65H76F2N10O11. The van der Waals surface area contributed by atoms with Gasteiger partial charge in [0.15, 0.2) is 12.6 Å². The number of terminal acetylenes is 1. The number of unbranched alkanes of at least 4 members (excludes halogenated alkanes) is 7. The lowest BCUT2D eigenvalue weighted by atomic mass is 9.95. The molecule has 23 heteroatoms. The summed E-state index contributed by atoms with van der Waals surface area (Å²) < 4.78 is 62.4.